The fraction of sp³-hybridized carbons (Fsp3) is 0.235. The average Bonchev–Trinajstić information content (AvgIpc) is 2.50. The van der Waals surface area contributed by atoms with Gasteiger partial charge in [0.05, 0.1) is 7.11 Å². The molecule has 0 aromatic heterocycles. The predicted octanol–water partition coefficient (Wildman–Crippen LogP) is 3.67. The largest absolute Gasteiger partial charge is 0.497 e. The standard InChI is InChI=1S/C17H19NO2/c1-4-18(16-8-6-5-7-13(16)2)17(19)14-9-11-15(20-3)12-10-14/h5-12H,4H2,1-3H3. The van der Waals surface area contributed by atoms with Crippen molar-refractivity contribution in [1.29, 1.82) is 0 Å². The maximum atomic E-state index is 12.6. The lowest BCUT2D eigenvalue weighted by molar-refractivity contribution is 0.0988. The maximum absolute atomic E-state index is 12.6. The molecule has 0 N–H and O–H groups in total. The quantitative estimate of drug-likeness (QED) is 0.847. The van der Waals surface area contributed by atoms with Crippen LogP contribution in [0.15, 0.2) is 48.5 Å². The van der Waals surface area contributed by atoms with Crippen LogP contribution in [0.25, 0.3) is 0 Å². The van der Waals surface area contributed by atoms with E-state index in [2.05, 4.69) is 0 Å². The van der Waals surface area contributed by atoms with Crippen molar-refractivity contribution >= 4 is 11.6 Å². The molecule has 20 heavy (non-hydrogen) atoms. The first-order valence-corrected chi connectivity index (χ1v) is 6.69. The number of hydrogen-bond acceptors (Lipinski definition) is 2. The minimum atomic E-state index is 0.00412. The molecule has 104 valence electrons. The number of benzene rings is 2. The van der Waals surface area contributed by atoms with Gasteiger partial charge in [-0.25, -0.2) is 0 Å². The number of nitrogens with zero attached hydrogens (tertiary/aromatic N) is 1. The van der Waals surface area contributed by atoms with E-state index in [9.17, 15) is 4.79 Å². The Bertz CT molecular complexity index is 590. The molecule has 2 aromatic rings. The van der Waals surface area contributed by atoms with Crippen molar-refractivity contribution in [3.05, 3.63) is 59.7 Å². The lowest BCUT2D eigenvalue weighted by Crippen LogP contribution is -2.31. The number of rotatable bonds is 4. The molecule has 0 aliphatic carbocycles. The van der Waals surface area contributed by atoms with Gasteiger partial charge in [0.2, 0.25) is 0 Å². The van der Waals surface area contributed by atoms with E-state index in [1.165, 1.54) is 0 Å². The number of aryl methyl sites for hydroxylation is 1. The van der Waals surface area contributed by atoms with Crippen molar-refractivity contribution in [1.82, 2.24) is 0 Å². The second-order valence-electron chi connectivity index (χ2n) is 4.56. The minimum Gasteiger partial charge on any atom is -0.497 e. The molecule has 0 saturated carbocycles. The molecule has 1 amide bonds. The van der Waals surface area contributed by atoms with Crippen molar-refractivity contribution < 1.29 is 9.53 Å². The number of carbonyl (C=O) groups excluding carboxylic acids is 1. The van der Waals surface area contributed by atoms with Crippen LogP contribution in [0.1, 0.15) is 22.8 Å². The molecule has 0 aliphatic rings. The van der Waals surface area contributed by atoms with Gasteiger partial charge in [-0.15, -0.1) is 0 Å². The molecule has 0 saturated heterocycles. The highest BCUT2D eigenvalue weighted by Gasteiger charge is 2.17. The monoisotopic (exact) mass is 269 g/mol. The summed E-state index contributed by atoms with van der Waals surface area (Å²) in [6.45, 7) is 4.63. The zero-order valence-corrected chi connectivity index (χ0v) is 12.1. The summed E-state index contributed by atoms with van der Waals surface area (Å²) >= 11 is 0. The normalized spacial score (nSPS) is 10.2. The van der Waals surface area contributed by atoms with Crippen molar-refractivity contribution in [3.8, 4) is 5.75 Å². The van der Waals surface area contributed by atoms with Crippen LogP contribution in [0, 0.1) is 6.92 Å². The number of anilines is 1. The number of para-hydroxylation sites is 1. The fourth-order valence-corrected chi connectivity index (χ4v) is 2.18. The number of hydrogen-bond donors (Lipinski definition) is 0. The molecule has 3 nitrogen and oxygen atoms in total. The van der Waals surface area contributed by atoms with Crippen molar-refractivity contribution in [2.24, 2.45) is 0 Å². The van der Waals surface area contributed by atoms with Gasteiger partial charge in [0.25, 0.3) is 5.91 Å². The van der Waals surface area contributed by atoms with Gasteiger partial charge in [-0.3, -0.25) is 4.79 Å². The van der Waals surface area contributed by atoms with Crippen LogP contribution in [0.5, 0.6) is 5.75 Å². The van der Waals surface area contributed by atoms with E-state index in [-0.39, 0.29) is 5.91 Å². The lowest BCUT2D eigenvalue weighted by Gasteiger charge is -2.23. The smallest absolute Gasteiger partial charge is 0.258 e. The van der Waals surface area contributed by atoms with E-state index in [1.807, 2.05) is 38.1 Å². The van der Waals surface area contributed by atoms with Gasteiger partial charge < -0.3 is 9.64 Å². The third-order valence-electron chi connectivity index (χ3n) is 3.30. The van der Waals surface area contributed by atoms with E-state index >= 15 is 0 Å². The molecular formula is C17H19NO2. The first kappa shape index (κ1) is 14.1. The van der Waals surface area contributed by atoms with Gasteiger partial charge in [0, 0.05) is 17.8 Å². The number of amides is 1. The second-order valence-corrected chi connectivity index (χ2v) is 4.56. The third kappa shape index (κ3) is 2.82. The average molecular weight is 269 g/mol. The Labute approximate surface area is 119 Å². The zero-order chi connectivity index (χ0) is 14.5. The van der Waals surface area contributed by atoms with Crippen LogP contribution < -0.4 is 9.64 Å². The van der Waals surface area contributed by atoms with Gasteiger partial charge in [0.1, 0.15) is 5.75 Å². The van der Waals surface area contributed by atoms with Crippen LogP contribution in [0.4, 0.5) is 5.69 Å². The van der Waals surface area contributed by atoms with E-state index < -0.39 is 0 Å². The highest BCUT2D eigenvalue weighted by molar-refractivity contribution is 6.06. The molecule has 2 rings (SSSR count). The number of carbonyl (C=O) groups is 1. The summed E-state index contributed by atoms with van der Waals surface area (Å²) in [5, 5.41) is 0. The Balaban J connectivity index is 2.31. The Morgan fingerprint density at radius 1 is 1.10 bits per heavy atom. The Morgan fingerprint density at radius 2 is 1.75 bits per heavy atom. The molecule has 0 aliphatic heterocycles. The topological polar surface area (TPSA) is 29.5 Å². The van der Waals surface area contributed by atoms with Crippen LogP contribution in [0.2, 0.25) is 0 Å². The van der Waals surface area contributed by atoms with Gasteiger partial charge in [0.15, 0.2) is 0 Å². The summed E-state index contributed by atoms with van der Waals surface area (Å²) in [7, 11) is 1.61. The summed E-state index contributed by atoms with van der Waals surface area (Å²) in [6, 6.07) is 15.1. The highest BCUT2D eigenvalue weighted by atomic mass is 16.5. The van der Waals surface area contributed by atoms with Crippen molar-refractivity contribution in [2.75, 3.05) is 18.6 Å². The van der Waals surface area contributed by atoms with E-state index in [1.54, 1.807) is 36.3 Å². The first-order chi connectivity index (χ1) is 9.67. The predicted molar refractivity (Wildman–Crippen MR) is 81.5 cm³/mol. The van der Waals surface area contributed by atoms with Crippen molar-refractivity contribution in [3.63, 3.8) is 0 Å². The molecule has 2 aromatic carbocycles. The van der Waals surface area contributed by atoms with E-state index in [0.717, 1.165) is 17.0 Å². The molecule has 0 atom stereocenters. The lowest BCUT2D eigenvalue weighted by atomic mass is 10.1. The Kier molecular flexibility index (Phi) is 4.41. The first-order valence-electron chi connectivity index (χ1n) is 6.69. The summed E-state index contributed by atoms with van der Waals surface area (Å²) in [6.07, 6.45) is 0. The molecule has 0 bridgehead atoms. The molecule has 3 heteroatoms. The van der Waals surface area contributed by atoms with Gasteiger partial charge >= 0.3 is 0 Å². The van der Waals surface area contributed by atoms with Gasteiger partial charge in [-0.2, -0.15) is 0 Å². The number of methoxy groups -OCH3 is 1. The fourth-order valence-electron chi connectivity index (χ4n) is 2.18. The molecule has 0 heterocycles. The summed E-state index contributed by atoms with van der Waals surface area (Å²) in [4.78, 5) is 14.4. The second kappa shape index (κ2) is 6.24. The highest BCUT2D eigenvalue weighted by Crippen LogP contribution is 2.22. The maximum Gasteiger partial charge on any atom is 0.258 e. The molecular weight excluding hydrogens is 250 g/mol. The Morgan fingerprint density at radius 3 is 2.30 bits per heavy atom. The van der Waals surface area contributed by atoms with Crippen LogP contribution in [-0.2, 0) is 0 Å². The number of ether oxygens (including phenoxy) is 1. The van der Waals surface area contributed by atoms with Crippen LogP contribution >= 0.6 is 0 Å². The molecule has 0 spiro atoms. The van der Waals surface area contributed by atoms with E-state index in [4.69, 9.17) is 4.74 Å². The van der Waals surface area contributed by atoms with E-state index in [0.29, 0.717) is 12.1 Å². The van der Waals surface area contributed by atoms with Crippen LogP contribution in [-0.4, -0.2) is 19.6 Å². The van der Waals surface area contributed by atoms with Gasteiger partial charge in [-0.05, 0) is 49.7 Å². The Hall–Kier alpha value is -2.29. The minimum absolute atomic E-state index is 0.00412. The van der Waals surface area contributed by atoms with Gasteiger partial charge in [-0.1, -0.05) is 18.2 Å². The van der Waals surface area contributed by atoms with Crippen LogP contribution in [0.3, 0.4) is 0 Å². The molecule has 0 unspecified atom stereocenters. The summed E-state index contributed by atoms with van der Waals surface area (Å²) in [5.74, 6) is 0.755. The zero-order valence-electron chi connectivity index (χ0n) is 12.1. The van der Waals surface area contributed by atoms with Crippen molar-refractivity contribution in [2.45, 2.75) is 13.8 Å². The SMILES string of the molecule is CCN(C(=O)c1ccc(OC)cc1)c1ccccc1C. The third-order valence-corrected chi connectivity index (χ3v) is 3.30. The molecule has 0 fully saturated rings. The summed E-state index contributed by atoms with van der Waals surface area (Å²) in [5.41, 5.74) is 2.71. The summed E-state index contributed by atoms with van der Waals surface area (Å²) < 4.78 is 5.11. The molecule has 0 radical (unpaired) electrons.